The van der Waals surface area contributed by atoms with E-state index in [-0.39, 0.29) is 13.0 Å². The van der Waals surface area contributed by atoms with Gasteiger partial charge in [-0.25, -0.2) is 13.8 Å². The van der Waals surface area contributed by atoms with E-state index in [9.17, 15) is 13.8 Å². The van der Waals surface area contributed by atoms with Crippen molar-refractivity contribution >= 4 is 23.3 Å². The highest BCUT2D eigenvalue weighted by Crippen LogP contribution is 2.20. The minimum absolute atomic E-state index is 0.117. The van der Waals surface area contributed by atoms with Gasteiger partial charge in [0.15, 0.2) is 6.04 Å². The molecule has 2 atom stereocenters. The number of carbonyl (C=O) groups is 2. The Morgan fingerprint density at radius 3 is 2.50 bits per heavy atom. The molecule has 0 N–H and O–H groups in total. The lowest BCUT2D eigenvalue weighted by atomic mass is 10.2. The smallest absolute Gasteiger partial charge is 0.424 e. The van der Waals surface area contributed by atoms with Crippen molar-refractivity contribution in [2.75, 3.05) is 13.7 Å². The van der Waals surface area contributed by atoms with Gasteiger partial charge in [0.05, 0.1) is 13.7 Å². The summed E-state index contributed by atoms with van der Waals surface area (Å²) < 4.78 is 26.9. The lowest BCUT2D eigenvalue weighted by molar-refractivity contribution is -0.146. The van der Waals surface area contributed by atoms with Crippen molar-refractivity contribution in [2.45, 2.75) is 38.8 Å². The maximum absolute atomic E-state index is 11.9. The lowest BCUT2D eigenvalue weighted by Crippen LogP contribution is -2.52. The molecule has 18 heavy (non-hydrogen) atoms. The maximum Gasteiger partial charge on any atom is 0.424 e. The van der Waals surface area contributed by atoms with Crippen molar-refractivity contribution in [1.29, 1.82) is 0 Å². The number of methoxy groups -OCH3 is 1. The van der Waals surface area contributed by atoms with Gasteiger partial charge in [0.25, 0.3) is 11.3 Å². The molecule has 0 radical (unpaired) electrons. The van der Waals surface area contributed by atoms with E-state index in [1.807, 2.05) is 0 Å². The number of esters is 1. The molecule has 1 amide bonds. The molecule has 0 aliphatic carbocycles. The second-order valence-electron chi connectivity index (χ2n) is 4.67. The molecule has 0 saturated carbocycles. The minimum atomic E-state index is -2.04. The van der Waals surface area contributed by atoms with Crippen LogP contribution in [0, 0.1) is 0 Å². The van der Waals surface area contributed by atoms with Crippen LogP contribution in [0.3, 0.4) is 0 Å². The summed E-state index contributed by atoms with van der Waals surface area (Å²) in [7, 11) is 1.20. The normalized spacial score (nSPS) is 24.6. The third-order valence-corrected chi connectivity index (χ3v) is 3.16. The molecule has 104 valence electrons. The van der Waals surface area contributed by atoms with Crippen LogP contribution in [0.1, 0.15) is 27.2 Å². The largest absolute Gasteiger partial charge is 0.467 e. The first-order valence-corrected chi connectivity index (χ1v) is 6.44. The molecule has 1 aliphatic heterocycles. The Morgan fingerprint density at radius 1 is 1.39 bits per heavy atom. The highest BCUT2D eigenvalue weighted by molar-refractivity contribution is 7.78. The van der Waals surface area contributed by atoms with Crippen LogP contribution in [0.4, 0.5) is 4.79 Å². The van der Waals surface area contributed by atoms with E-state index in [1.54, 1.807) is 20.8 Å². The van der Waals surface area contributed by atoms with Gasteiger partial charge in [-0.2, -0.15) is 4.31 Å². The van der Waals surface area contributed by atoms with Gasteiger partial charge in [-0.05, 0) is 20.8 Å². The molecule has 7 nitrogen and oxygen atoms in total. The van der Waals surface area contributed by atoms with Crippen molar-refractivity contribution in [3.8, 4) is 0 Å². The van der Waals surface area contributed by atoms with Crippen LogP contribution in [0.2, 0.25) is 0 Å². The van der Waals surface area contributed by atoms with Gasteiger partial charge >= 0.3 is 12.1 Å². The molecule has 1 fully saturated rings. The first kappa shape index (κ1) is 14.9. The molecule has 0 bridgehead atoms. The highest BCUT2D eigenvalue weighted by Gasteiger charge is 2.41. The molecule has 0 aromatic rings. The Morgan fingerprint density at radius 2 is 2.00 bits per heavy atom. The van der Waals surface area contributed by atoms with Crippen LogP contribution in [-0.4, -0.2) is 45.9 Å². The fourth-order valence-corrected chi connectivity index (χ4v) is 2.26. The van der Waals surface area contributed by atoms with Crippen LogP contribution < -0.4 is 0 Å². The summed E-state index contributed by atoms with van der Waals surface area (Å²) in [4.78, 5) is 23.4. The molecule has 1 rings (SSSR count). The van der Waals surface area contributed by atoms with Gasteiger partial charge in [0.1, 0.15) is 5.60 Å². The minimum Gasteiger partial charge on any atom is -0.467 e. The van der Waals surface area contributed by atoms with Crippen LogP contribution in [0.25, 0.3) is 0 Å². The predicted octanol–water partition coefficient (Wildman–Crippen LogP) is 0.764. The van der Waals surface area contributed by atoms with E-state index in [2.05, 4.69) is 4.74 Å². The zero-order chi connectivity index (χ0) is 13.9. The first-order valence-electron chi connectivity index (χ1n) is 5.41. The zero-order valence-corrected chi connectivity index (χ0v) is 11.6. The number of nitrogens with zero attached hydrogens (tertiary/aromatic N) is 1. The average molecular weight is 279 g/mol. The van der Waals surface area contributed by atoms with Crippen molar-refractivity contribution in [2.24, 2.45) is 0 Å². The summed E-state index contributed by atoms with van der Waals surface area (Å²) >= 11 is -2.04. The van der Waals surface area contributed by atoms with Gasteiger partial charge in [0.2, 0.25) is 0 Å². The molecular formula is C10H17NO6S. The number of ether oxygens (including phenoxy) is 2. The number of carbonyl (C=O) groups excluding carboxylic acids is 2. The van der Waals surface area contributed by atoms with Crippen LogP contribution >= 0.6 is 0 Å². The molecule has 1 unspecified atom stereocenters. The van der Waals surface area contributed by atoms with Gasteiger partial charge in [0, 0.05) is 6.42 Å². The molecular weight excluding hydrogens is 262 g/mol. The topological polar surface area (TPSA) is 82.1 Å². The van der Waals surface area contributed by atoms with E-state index in [0.717, 1.165) is 4.31 Å². The van der Waals surface area contributed by atoms with Gasteiger partial charge < -0.3 is 9.47 Å². The predicted molar refractivity (Wildman–Crippen MR) is 62.6 cm³/mol. The lowest BCUT2D eigenvalue weighted by Gasteiger charge is -2.32. The average Bonchev–Trinajstić information content (AvgIpc) is 2.25. The van der Waals surface area contributed by atoms with Gasteiger partial charge in [-0.3, -0.25) is 4.18 Å². The summed E-state index contributed by atoms with van der Waals surface area (Å²) in [6.45, 7) is 5.13. The first-order chi connectivity index (χ1) is 8.26. The van der Waals surface area contributed by atoms with E-state index >= 15 is 0 Å². The number of rotatable bonds is 1. The van der Waals surface area contributed by atoms with E-state index in [1.165, 1.54) is 7.11 Å². The molecule has 1 aliphatic rings. The Labute approximate surface area is 108 Å². The summed E-state index contributed by atoms with van der Waals surface area (Å²) in [6, 6.07) is -0.945. The van der Waals surface area contributed by atoms with Crippen LogP contribution in [0.5, 0.6) is 0 Å². The molecule has 0 spiro atoms. The number of hydrogen-bond donors (Lipinski definition) is 0. The van der Waals surface area contributed by atoms with Crippen molar-refractivity contribution in [3.05, 3.63) is 0 Å². The Bertz CT molecular complexity index is 364. The summed E-state index contributed by atoms with van der Waals surface area (Å²) in [5, 5.41) is 0. The van der Waals surface area contributed by atoms with E-state index < -0.39 is 35.0 Å². The summed E-state index contributed by atoms with van der Waals surface area (Å²) in [6.07, 6.45) is -0.645. The Kier molecular flexibility index (Phi) is 4.69. The second-order valence-corrected chi connectivity index (χ2v) is 5.74. The second kappa shape index (κ2) is 5.66. The standard InChI is InChI=1S/C10H17NO6S/c1-10(2,3)17-9(13)11-7(8(12)15-4)5-6-16-18(11)14/h7H,5-6H2,1-4H3/t7-,18?/m0/s1. The molecule has 1 saturated heterocycles. The fourth-order valence-electron chi connectivity index (χ4n) is 1.35. The Hall–Kier alpha value is -1.15. The maximum atomic E-state index is 11.9. The SMILES string of the molecule is COC(=O)[C@@H]1CCOS(=O)N1C(=O)OC(C)(C)C. The third-order valence-electron chi connectivity index (χ3n) is 2.07. The molecule has 1 heterocycles. The number of amides is 1. The van der Waals surface area contributed by atoms with Crippen molar-refractivity contribution < 1.29 is 27.5 Å². The van der Waals surface area contributed by atoms with E-state index in [0.29, 0.717) is 0 Å². The summed E-state index contributed by atoms with van der Waals surface area (Å²) in [5.41, 5.74) is -0.751. The Balaban J connectivity index is 2.88. The molecule has 0 aromatic carbocycles. The van der Waals surface area contributed by atoms with Gasteiger partial charge in [-0.1, -0.05) is 0 Å². The summed E-state index contributed by atoms with van der Waals surface area (Å²) in [5.74, 6) is -0.641. The monoisotopic (exact) mass is 279 g/mol. The number of hydrogen-bond acceptors (Lipinski definition) is 6. The van der Waals surface area contributed by atoms with Crippen LogP contribution in [-0.2, 0) is 29.7 Å². The van der Waals surface area contributed by atoms with E-state index in [4.69, 9.17) is 8.92 Å². The van der Waals surface area contributed by atoms with Crippen molar-refractivity contribution in [3.63, 3.8) is 0 Å². The van der Waals surface area contributed by atoms with Crippen LogP contribution in [0.15, 0.2) is 0 Å². The zero-order valence-electron chi connectivity index (χ0n) is 10.8. The fraction of sp³-hybridized carbons (Fsp3) is 0.800. The third kappa shape index (κ3) is 3.67. The highest BCUT2D eigenvalue weighted by atomic mass is 32.2. The molecule has 8 heteroatoms. The van der Waals surface area contributed by atoms with Gasteiger partial charge in [-0.15, -0.1) is 0 Å². The molecule has 0 aromatic heterocycles. The van der Waals surface area contributed by atoms with Crippen molar-refractivity contribution in [1.82, 2.24) is 4.31 Å². The quantitative estimate of drug-likeness (QED) is 0.659.